The molecule has 6 bridgehead atoms. The number of hydrogen-bond donors (Lipinski definition) is 2. The van der Waals surface area contributed by atoms with Crippen LogP contribution in [-0.4, -0.2) is 53.6 Å². The van der Waals surface area contributed by atoms with E-state index in [4.69, 9.17) is 4.74 Å². The number of allylic oxidation sites excluding steroid dienone is 1. The van der Waals surface area contributed by atoms with Gasteiger partial charge in [-0.3, -0.25) is 4.79 Å². The zero-order valence-corrected chi connectivity index (χ0v) is 19.2. The van der Waals surface area contributed by atoms with E-state index in [9.17, 15) is 4.79 Å². The van der Waals surface area contributed by atoms with Crippen LogP contribution in [0.4, 0.5) is 11.6 Å². The van der Waals surface area contributed by atoms with Gasteiger partial charge in [0.15, 0.2) is 0 Å². The van der Waals surface area contributed by atoms with Crippen molar-refractivity contribution in [3.8, 4) is 17.0 Å². The Bertz CT molecular complexity index is 1190. The van der Waals surface area contributed by atoms with E-state index in [0.717, 1.165) is 47.9 Å². The summed E-state index contributed by atoms with van der Waals surface area (Å²) in [5, 5.41) is 6.36. The molecular weight excluding hydrogens is 426 g/mol. The lowest BCUT2D eigenvalue weighted by Gasteiger charge is -2.15. The molecule has 1 amide bonds. The molecule has 1 aromatic heterocycles. The molecule has 3 heterocycles. The molecule has 1 saturated heterocycles. The first-order valence-electron chi connectivity index (χ1n) is 11.9. The molecule has 5 rings (SSSR count). The van der Waals surface area contributed by atoms with Gasteiger partial charge in [0, 0.05) is 36.1 Å². The van der Waals surface area contributed by atoms with Gasteiger partial charge in [0.25, 0.3) is 5.91 Å². The molecule has 2 aliphatic rings. The minimum Gasteiger partial charge on any atom is -0.490 e. The molecule has 0 saturated carbocycles. The molecule has 2 N–H and O–H groups in total. The van der Waals surface area contributed by atoms with Gasteiger partial charge < -0.3 is 20.3 Å². The van der Waals surface area contributed by atoms with E-state index in [1.807, 2.05) is 54.6 Å². The van der Waals surface area contributed by atoms with Crippen LogP contribution in [0.2, 0.25) is 0 Å². The number of rotatable bonds is 4. The fraction of sp³-hybridized carbons (Fsp3) is 0.296. The van der Waals surface area contributed by atoms with Gasteiger partial charge in [-0.15, -0.1) is 0 Å². The van der Waals surface area contributed by atoms with Gasteiger partial charge in [-0.2, -0.15) is 0 Å². The number of ether oxygens (including phenoxy) is 1. The molecule has 0 radical (unpaired) electrons. The maximum atomic E-state index is 12.9. The van der Waals surface area contributed by atoms with Crippen molar-refractivity contribution in [1.82, 2.24) is 20.2 Å². The summed E-state index contributed by atoms with van der Waals surface area (Å²) in [6.07, 6.45) is 8.98. The number of aromatic nitrogens is 2. The topological polar surface area (TPSA) is 79.4 Å². The summed E-state index contributed by atoms with van der Waals surface area (Å²) in [6, 6.07) is 15.6. The molecular formula is C27H29N5O2. The Labute approximate surface area is 199 Å². The molecule has 0 atom stereocenters. The first-order chi connectivity index (χ1) is 16.7. The Kier molecular flexibility index (Phi) is 6.81. The van der Waals surface area contributed by atoms with Crippen molar-refractivity contribution in [3.63, 3.8) is 0 Å². The van der Waals surface area contributed by atoms with Crippen molar-refractivity contribution in [2.75, 3.05) is 38.1 Å². The smallest absolute Gasteiger partial charge is 0.251 e. The second-order valence-corrected chi connectivity index (χ2v) is 8.63. The average Bonchev–Trinajstić information content (AvgIpc) is 3.37. The molecule has 2 aromatic carbocycles. The van der Waals surface area contributed by atoms with Gasteiger partial charge in [-0.1, -0.05) is 24.3 Å². The highest BCUT2D eigenvalue weighted by atomic mass is 16.5. The molecule has 1 fully saturated rings. The Morgan fingerprint density at radius 2 is 2.00 bits per heavy atom. The van der Waals surface area contributed by atoms with E-state index in [1.54, 1.807) is 6.20 Å². The van der Waals surface area contributed by atoms with Crippen molar-refractivity contribution in [1.29, 1.82) is 0 Å². The molecule has 0 aliphatic carbocycles. The van der Waals surface area contributed by atoms with Crippen LogP contribution >= 0.6 is 0 Å². The number of likely N-dealkylation sites (tertiary alicyclic amines) is 1. The van der Waals surface area contributed by atoms with Crippen molar-refractivity contribution in [2.24, 2.45) is 0 Å². The number of amides is 1. The minimum absolute atomic E-state index is 0.0694. The van der Waals surface area contributed by atoms with Gasteiger partial charge in [-0.25, -0.2) is 9.97 Å². The van der Waals surface area contributed by atoms with E-state index < -0.39 is 0 Å². The SMILES string of the molecule is O=C(NCCN1CCCC1)c1cc2cc(c1)Nc1nccc(n1)-c1cccc(c1)OC/C=C\C2. The van der Waals surface area contributed by atoms with E-state index in [-0.39, 0.29) is 5.91 Å². The van der Waals surface area contributed by atoms with Crippen LogP contribution in [0.25, 0.3) is 11.3 Å². The minimum atomic E-state index is -0.0694. The third kappa shape index (κ3) is 5.61. The standard InChI is InChI=1S/C27H29N5O2/c33-26(28-11-14-32-12-2-3-13-32)22-16-20-6-1-4-15-34-24-8-5-7-21(19-24)25-9-10-29-27(31-25)30-23(17-20)18-22/h1,4-5,7-10,16-19H,2-3,6,11-15H2,(H,28,33)(H,29,30,31)/b4-1-. The number of hydrogen-bond acceptors (Lipinski definition) is 6. The molecule has 34 heavy (non-hydrogen) atoms. The average molecular weight is 456 g/mol. The van der Waals surface area contributed by atoms with E-state index >= 15 is 0 Å². The number of nitrogens with zero attached hydrogens (tertiary/aromatic N) is 3. The highest BCUT2D eigenvalue weighted by Gasteiger charge is 2.13. The molecule has 0 spiro atoms. The quantitative estimate of drug-likeness (QED) is 0.574. The third-order valence-electron chi connectivity index (χ3n) is 6.08. The van der Waals surface area contributed by atoms with E-state index in [1.165, 1.54) is 12.8 Å². The van der Waals surface area contributed by atoms with Crippen molar-refractivity contribution >= 4 is 17.5 Å². The van der Waals surface area contributed by atoms with Crippen LogP contribution in [0.3, 0.4) is 0 Å². The number of anilines is 2. The first-order valence-corrected chi connectivity index (χ1v) is 11.9. The molecule has 3 aromatic rings. The maximum absolute atomic E-state index is 12.9. The third-order valence-corrected chi connectivity index (χ3v) is 6.08. The Balaban J connectivity index is 1.39. The lowest BCUT2D eigenvalue weighted by molar-refractivity contribution is 0.0949. The van der Waals surface area contributed by atoms with Crippen LogP contribution < -0.4 is 15.4 Å². The number of nitrogens with one attached hydrogen (secondary N) is 2. The van der Waals surface area contributed by atoms with E-state index in [0.29, 0.717) is 31.1 Å². The van der Waals surface area contributed by atoms with Crippen LogP contribution in [0, 0.1) is 0 Å². The molecule has 174 valence electrons. The molecule has 7 heteroatoms. The second-order valence-electron chi connectivity index (χ2n) is 8.63. The normalized spacial score (nSPS) is 16.5. The lowest BCUT2D eigenvalue weighted by atomic mass is 10.1. The highest BCUT2D eigenvalue weighted by molar-refractivity contribution is 5.95. The van der Waals surface area contributed by atoms with Crippen molar-refractivity contribution in [2.45, 2.75) is 19.3 Å². The van der Waals surface area contributed by atoms with Gasteiger partial charge in [0.1, 0.15) is 12.4 Å². The Morgan fingerprint density at radius 3 is 2.91 bits per heavy atom. The van der Waals surface area contributed by atoms with Crippen molar-refractivity contribution in [3.05, 3.63) is 78.0 Å². The molecule has 2 aliphatic heterocycles. The van der Waals surface area contributed by atoms with Crippen LogP contribution in [0.15, 0.2) is 66.9 Å². The predicted molar refractivity (Wildman–Crippen MR) is 134 cm³/mol. The largest absolute Gasteiger partial charge is 0.490 e. The van der Waals surface area contributed by atoms with Crippen LogP contribution in [-0.2, 0) is 6.42 Å². The van der Waals surface area contributed by atoms with Crippen LogP contribution in [0.1, 0.15) is 28.8 Å². The summed E-state index contributed by atoms with van der Waals surface area (Å²) in [4.78, 5) is 24.4. The van der Waals surface area contributed by atoms with Gasteiger partial charge in [0.05, 0.1) is 5.69 Å². The zero-order chi connectivity index (χ0) is 23.2. The maximum Gasteiger partial charge on any atom is 0.251 e. The molecule has 7 nitrogen and oxygen atoms in total. The van der Waals surface area contributed by atoms with Gasteiger partial charge in [-0.05, 0) is 74.3 Å². The fourth-order valence-electron chi connectivity index (χ4n) is 4.33. The van der Waals surface area contributed by atoms with Crippen LogP contribution in [0.5, 0.6) is 5.75 Å². The summed E-state index contributed by atoms with van der Waals surface area (Å²) >= 11 is 0. The number of benzene rings is 2. The Hall–Kier alpha value is -3.71. The number of fused-ring (bicyclic) bond motifs is 7. The number of carbonyl (C=O) groups is 1. The van der Waals surface area contributed by atoms with E-state index in [2.05, 4.69) is 31.6 Å². The summed E-state index contributed by atoms with van der Waals surface area (Å²) in [5.41, 5.74) is 4.18. The fourth-order valence-corrected chi connectivity index (χ4v) is 4.33. The second kappa shape index (κ2) is 10.5. The monoisotopic (exact) mass is 455 g/mol. The number of carbonyl (C=O) groups excluding carboxylic acids is 1. The summed E-state index contributed by atoms with van der Waals surface area (Å²) in [5.74, 6) is 1.20. The predicted octanol–water partition coefficient (Wildman–Crippen LogP) is 4.20. The highest BCUT2D eigenvalue weighted by Crippen LogP contribution is 2.25. The van der Waals surface area contributed by atoms with Crippen molar-refractivity contribution < 1.29 is 9.53 Å². The first kappa shape index (κ1) is 22.1. The molecule has 0 unspecified atom stereocenters. The van der Waals surface area contributed by atoms with Gasteiger partial charge >= 0.3 is 0 Å². The summed E-state index contributed by atoms with van der Waals surface area (Å²) in [7, 11) is 0. The zero-order valence-electron chi connectivity index (χ0n) is 19.2. The summed E-state index contributed by atoms with van der Waals surface area (Å²) < 4.78 is 5.88. The summed E-state index contributed by atoms with van der Waals surface area (Å²) in [6.45, 7) is 4.25. The Morgan fingerprint density at radius 1 is 1.09 bits per heavy atom. The lowest BCUT2D eigenvalue weighted by Crippen LogP contribution is -2.33. The van der Waals surface area contributed by atoms with Gasteiger partial charge in [0.2, 0.25) is 5.95 Å².